The summed E-state index contributed by atoms with van der Waals surface area (Å²) in [7, 11) is 0. The van der Waals surface area contributed by atoms with Crippen molar-refractivity contribution in [2.24, 2.45) is 0 Å². The van der Waals surface area contributed by atoms with Crippen molar-refractivity contribution in [3.05, 3.63) is 105 Å². The van der Waals surface area contributed by atoms with E-state index in [1.54, 1.807) is 12.1 Å². The summed E-state index contributed by atoms with van der Waals surface area (Å²) in [6.45, 7) is 2.77. The van der Waals surface area contributed by atoms with Gasteiger partial charge in [0.25, 0.3) is 0 Å². The third kappa shape index (κ3) is 4.59. The SMILES string of the molecule is CC/C(=C(/c1ccc(/C=C/C(=O)O)cc1)c1ccc2c(c1)CNN2)c1ccc(F)cc1Cl. The quantitative estimate of drug-likeness (QED) is 0.302. The van der Waals surface area contributed by atoms with Crippen LogP contribution in [0.3, 0.4) is 0 Å². The van der Waals surface area contributed by atoms with E-state index in [2.05, 4.69) is 29.9 Å². The number of hydrogen-bond acceptors (Lipinski definition) is 3. The summed E-state index contributed by atoms with van der Waals surface area (Å²) in [6.07, 6.45) is 3.36. The molecule has 1 aliphatic rings. The van der Waals surface area contributed by atoms with Gasteiger partial charge in [0.15, 0.2) is 0 Å². The highest BCUT2D eigenvalue weighted by Gasteiger charge is 2.18. The summed E-state index contributed by atoms with van der Waals surface area (Å²) in [5, 5.41) is 9.24. The maximum atomic E-state index is 13.7. The molecule has 0 bridgehead atoms. The molecule has 0 amide bonds. The van der Waals surface area contributed by atoms with Gasteiger partial charge < -0.3 is 10.5 Å². The first kappa shape index (κ1) is 21.8. The molecule has 0 saturated carbocycles. The molecule has 0 aliphatic carbocycles. The Morgan fingerprint density at radius 2 is 1.84 bits per heavy atom. The molecular weight excluding hydrogens is 427 g/mol. The van der Waals surface area contributed by atoms with E-state index >= 15 is 0 Å². The summed E-state index contributed by atoms with van der Waals surface area (Å²) in [6, 6.07) is 18.4. The highest BCUT2D eigenvalue weighted by molar-refractivity contribution is 6.32. The van der Waals surface area contributed by atoms with Gasteiger partial charge in [0.2, 0.25) is 0 Å². The van der Waals surface area contributed by atoms with Crippen molar-refractivity contribution in [3.63, 3.8) is 0 Å². The smallest absolute Gasteiger partial charge is 0.328 e. The van der Waals surface area contributed by atoms with Crippen LogP contribution in [0, 0.1) is 5.82 Å². The lowest BCUT2D eigenvalue weighted by molar-refractivity contribution is -0.131. The Morgan fingerprint density at radius 1 is 1.09 bits per heavy atom. The van der Waals surface area contributed by atoms with Gasteiger partial charge in [0.1, 0.15) is 5.82 Å². The van der Waals surface area contributed by atoms with Crippen LogP contribution in [0.15, 0.2) is 66.7 Å². The fourth-order valence-electron chi connectivity index (χ4n) is 3.93. The molecule has 0 radical (unpaired) electrons. The fraction of sp³-hybridized carbons (Fsp3) is 0.115. The number of benzene rings is 3. The maximum absolute atomic E-state index is 13.7. The zero-order chi connectivity index (χ0) is 22.7. The number of allylic oxidation sites excluding steroid dienone is 1. The number of aliphatic carboxylic acids is 1. The highest BCUT2D eigenvalue weighted by atomic mass is 35.5. The molecule has 0 unspecified atom stereocenters. The number of nitrogens with one attached hydrogen (secondary N) is 2. The number of anilines is 1. The second kappa shape index (κ2) is 9.39. The summed E-state index contributed by atoms with van der Waals surface area (Å²) in [4.78, 5) is 10.8. The minimum atomic E-state index is -0.991. The van der Waals surface area contributed by atoms with E-state index in [-0.39, 0.29) is 5.82 Å². The van der Waals surface area contributed by atoms with Gasteiger partial charge in [-0.25, -0.2) is 14.6 Å². The van der Waals surface area contributed by atoms with Gasteiger partial charge >= 0.3 is 5.97 Å². The van der Waals surface area contributed by atoms with Crippen LogP contribution in [0.25, 0.3) is 17.2 Å². The minimum Gasteiger partial charge on any atom is -0.478 e. The van der Waals surface area contributed by atoms with Crippen LogP contribution in [0.4, 0.5) is 10.1 Å². The Hall–Kier alpha value is -3.41. The van der Waals surface area contributed by atoms with Gasteiger partial charge in [-0.2, -0.15) is 0 Å². The monoisotopic (exact) mass is 448 g/mol. The van der Waals surface area contributed by atoms with E-state index in [0.29, 0.717) is 18.0 Å². The number of halogens is 2. The molecule has 3 aromatic carbocycles. The second-order valence-electron chi connectivity index (χ2n) is 7.48. The summed E-state index contributed by atoms with van der Waals surface area (Å²) < 4.78 is 13.7. The van der Waals surface area contributed by atoms with Crippen molar-refractivity contribution in [1.29, 1.82) is 0 Å². The number of rotatable bonds is 6. The normalized spacial score (nSPS) is 13.6. The van der Waals surface area contributed by atoms with E-state index < -0.39 is 5.97 Å². The molecule has 0 aromatic heterocycles. The predicted molar refractivity (Wildman–Crippen MR) is 128 cm³/mol. The van der Waals surface area contributed by atoms with Crippen LogP contribution in [0.2, 0.25) is 5.02 Å². The van der Waals surface area contributed by atoms with Crippen LogP contribution < -0.4 is 10.9 Å². The van der Waals surface area contributed by atoms with Crippen molar-refractivity contribution in [1.82, 2.24) is 5.43 Å². The Bertz CT molecular complexity index is 1230. The molecule has 1 heterocycles. The summed E-state index contributed by atoms with van der Waals surface area (Å²) in [5.41, 5.74) is 14.0. The molecule has 0 spiro atoms. The van der Waals surface area contributed by atoms with Crippen LogP contribution in [0.5, 0.6) is 0 Å². The number of carboxylic acid groups (broad SMARTS) is 1. The molecule has 162 valence electrons. The molecule has 32 heavy (non-hydrogen) atoms. The largest absolute Gasteiger partial charge is 0.478 e. The zero-order valence-corrected chi connectivity index (χ0v) is 18.2. The third-order valence-corrected chi connectivity index (χ3v) is 5.74. The van der Waals surface area contributed by atoms with Gasteiger partial charge in [-0.15, -0.1) is 0 Å². The van der Waals surface area contributed by atoms with Crippen LogP contribution in [0.1, 0.15) is 41.2 Å². The second-order valence-corrected chi connectivity index (χ2v) is 7.88. The van der Waals surface area contributed by atoms with Crippen LogP contribution in [-0.4, -0.2) is 11.1 Å². The number of carboxylic acids is 1. The standard InChI is InChI=1S/C26H22ClFN2O2/c1-2-21(22-10-9-20(28)14-23(22)27)26(18-8-11-24-19(13-18)15-29-30-24)17-6-3-16(4-7-17)5-12-25(31)32/h3-14,29-30H,2,15H2,1H3,(H,31,32)/b12-5+,26-21+. The molecule has 0 saturated heterocycles. The lowest BCUT2D eigenvalue weighted by atomic mass is 9.87. The fourth-order valence-corrected chi connectivity index (χ4v) is 4.21. The Morgan fingerprint density at radius 3 is 2.53 bits per heavy atom. The van der Waals surface area contributed by atoms with Gasteiger partial charge in [-0.05, 0) is 75.7 Å². The number of hydrogen-bond donors (Lipinski definition) is 3. The van der Waals surface area contributed by atoms with E-state index in [4.69, 9.17) is 16.7 Å². The first-order valence-electron chi connectivity index (χ1n) is 10.3. The molecule has 4 rings (SSSR count). The Labute approximate surface area is 191 Å². The molecular formula is C26H22ClFN2O2. The first-order valence-corrected chi connectivity index (χ1v) is 10.7. The van der Waals surface area contributed by atoms with Crippen LogP contribution in [-0.2, 0) is 11.3 Å². The molecule has 4 nitrogen and oxygen atoms in total. The zero-order valence-electron chi connectivity index (χ0n) is 17.5. The lowest BCUT2D eigenvalue weighted by Crippen LogP contribution is -2.10. The van der Waals surface area contributed by atoms with E-state index in [9.17, 15) is 9.18 Å². The topological polar surface area (TPSA) is 61.4 Å². The highest BCUT2D eigenvalue weighted by Crippen LogP contribution is 2.38. The molecule has 6 heteroatoms. The number of carbonyl (C=O) groups is 1. The number of hydrazine groups is 1. The van der Waals surface area contributed by atoms with Crippen LogP contribution >= 0.6 is 11.6 Å². The van der Waals surface area contributed by atoms with Crippen molar-refractivity contribution in [3.8, 4) is 0 Å². The summed E-state index contributed by atoms with van der Waals surface area (Å²) >= 11 is 6.45. The minimum absolute atomic E-state index is 0.366. The lowest BCUT2D eigenvalue weighted by Gasteiger charge is -2.18. The summed E-state index contributed by atoms with van der Waals surface area (Å²) in [5.74, 6) is -1.37. The third-order valence-electron chi connectivity index (χ3n) is 5.43. The molecule has 0 atom stereocenters. The van der Waals surface area contributed by atoms with E-state index in [1.165, 1.54) is 12.1 Å². The van der Waals surface area contributed by atoms with Gasteiger partial charge in [-0.3, -0.25) is 0 Å². The Balaban J connectivity index is 1.90. The maximum Gasteiger partial charge on any atom is 0.328 e. The molecule has 3 N–H and O–H groups in total. The van der Waals surface area contributed by atoms with Gasteiger partial charge in [0, 0.05) is 12.6 Å². The van der Waals surface area contributed by atoms with Gasteiger partial charge in [0.05, 0.1) is 10.7 Å². The van der Waals surface area contributed by atoms with E-state index in [1.807, 2.05) is 30.3 Å². The van der Waals surface area contributed by atoms with Crippen molar-refractivity contribution < 1.29 is 14.3 Å². The van der Waals surface area contributed by atoms with Crippen molar-refractivity contribution in [2.75, 3.05) is 5.43 Å². The Kier molecular flexibility index (Phi) is 6.40. The molecule has 0 fully saturated rings. The predicted octanol–water partition coefficient (Wildman–Crippen LogP) is 6.38. The average Bonchev–Trinajstić information content (AvgIpc) is 3.25. The molecule has 1 aliphatic heterocycles. The average molecular weight is 449 g/mol. The van der Waals surface area contributed by atoms with Gasteiger partial charge in [-0.1, -0.05) is 54.9 Å². The number of fused-ring (bicyclic) bond motifs is 1. The van der Waals surface area contributed by atoms with E-state index in [0.717, 1.165) is 50.7 Å². The molecule has 3 aromatic rings. The first-order chi connectivity index (χ1) is 15.5. The van der Waals surface area contributed by atoms with Crippen molar-refractivity contribution >= 4 is 40.5 Å². The van der Waals surface area contributed by atoms with Crippen molar-refractivity contribution in [2.45, 2.75) is 19.9 Å².